The molecule has 4 rings (SSSR count). The van der Waals surface area contributed by atoms with Gasteiger partial charge in [0.2, 0.25) is 0 Å². The molecule has 0 aromatic carbocycles. The highest BCUT2D eigenvalue weighted by Gasteiger charge is 2.27. The molecule has 2 saturated carbocycles. The van der Waals surface area contributed by atoms with Crippen LogP contribution in [0.3, 0.4) is 0 Å². The number of ether oxygens (including phenoxy) is 1. The molecule has 0 radical (unpaired) electrons. The Morgan fingerprint density at radius 3 is 3.04 bits per heavy atom. The van der Waals surface area contributed by atoms with Crippen molar-refractivity contribution in [1.29, 1.82) is 5.41 Å². The average molecular weight is 354 g/mol. The van der Waals surface area contributed by atoms with Crippen molar-refractivity contribution in [1.82, 2.24) is 21.0 Å². The van der Waals surface area contributed by atoms with Gasteiger partial charge in [-0.2, -0.15) is 0 Å². The van der Waals surface area contributed by atoms with Gasteiger partial charge in [-0.05, 0) is 31.7 Å². The molecule has 0 amide bonds. The van der Waals surface area contributed by atoms with Gasteiger partial charge < -0.3 is 16.0 Å². The lowest BCUT2D eigenvalue weighted by atomic mass is 10.2. The maximum Gasteiger partial charge on any atom is 0.177 e. The maximum atomic E-state index is 7.85. The first-order chi connectivity index (χ1) is 12.7. The number of nitrogens with one attached hydrogen (secondary N) is 3. The third-order valence-electron chi connectivity index (χ3n) is 4.11. The SMILES string of the molecule is N=C(N=NN)c1cnc(C2=CN(CC#CC3CC3)NN2)c(OC2CC2)c1.[HH]. The molecule has 2 aliphatic carbocycles. The normalized spacial score (nSPS) is 18.9. The second-order valence-corrected chi connectivity index (χ2v) is 6.45. The third-order valence-corrected chi connectivity index (χ3v) is 4.11. The summed E-state index contributed by atoms with van der Waals surface area (Å²) in [5.41, 5.74) is 8.10. The number of hydrazine groups is 2. The van der Waals surface area contributed by atoms with E-state index in [1.54, 1.807) is 12.3 Å². The molecule has 1 aliphatic heterocycles. The van der Waals surface area contributed by atoms with Crippen molar-refractivity contribution < 1.29 is 6.16 Å². The van der Waals surface area contributed by atoms with Crippen molar-refractivity contribution in [3.05, 3.63) is 29.7 Å². The highest BCUT2D eigenvalue weighted by Crippen LogP contribution is 2.32. The van der Waals surface area contributed by atoms with Gasteiger partial charge in [0, 0.05) is 25.3 Å². The molecule has 2 heterocycles. The largest absolute Gasteiger partial charge is 0.488 e. The summed E-state index contributed by atoms with van der Waals surface area (Å²) in [5.74, 6) is 12.6. The third kappa shape index (κ3) is 3.92. The van der Waals surface area contributed by atoms with Crippen LogP contribution >= 0.6 is 0 Å². The fourth-order valence-corrected chi connectivity index (χ4v) is 2.41. The van der Waals surface area contributed by atoms with E-state index in [2.05, 4.69) is 38.1 Å². The van der Waals surface area contributed by atoms with Gasteiger partial charge in [-0.1, -0.05) is 17.1 Å². The minimum Gasteiger partial charge on any atom is -0.488 e. The number of pyridine rings is 1. The van der Waals surface area contributed by atoms with Crippen molar-refractivity contribution in [2.24, 2.45) is 22.1 Å². The van der Waals surface area contributed by atoms with E-state index in [0.29, 0.717) is 29.5 Å². The predicted octanol–water partition coefficient (Wildman–Crippen LogP) is 1.56. The summed E-state index contributed by atoms with van der Waals surface area (Å²) in [4.78, 5) is 4.46. The lowest BCUT2D eigenvalue weighted by molar-refractivity contribution is 0.298. The second-order valence-electron chi connectivity index (χ2n) is 6.45. The predicted molar refractivity (Wildman–Crippen MR) is 97.3 cm³/mol. The van der Waals surface area contributed by atoms with Crippen LogP contribution < -0.4 is 21.5 Å². The van der Waals surface area contributed by atoms with Crippen LogP contribution in [0.2, 0.25) is 0 Å². The Kier molecular flexibility index (Phi) is 4.41. The van der Waals surface area contributed by atoms with Gasteiger partial charge >= 0.3 is 0 Å². The van der Waals surface area contributed by atoms with E-state index in [1.807, 2.05) is 11.2 Å². The molecule has 9 heteroatoms. The first-order valence-electron chi connectivity index (χ1n) is 8.58. The first kappa shape index (κ1) is 16.4. The van der Waals surface area contributed by atoms with E-state index in [-0.39, 0.29) is 13.4 Å². The Balaban J connectivity index is 0.00000210. The summed E-state index contributed by atoms with van der Waals surface area (Å²) in [6, 6.07) is 1.75. The molecule has 9 nitrogen and oxygen atoms in total. The topological polar surface area (TPSA) is 124 Å². The van der Waals surface area contributed by atoms with E-state index in [4.69, 9.17) is 16.0 Å². The molecule has 0 atom stereocenters. The molecule has 2 fully saturated rings. The Hall–Kier alpha value is -3.12. The zero-order chi connectivity index (χ0) is 17.9. The maximum absolute atomic E-state index is 7.85. The number of nitrogens with two attached hydrogens (primary N) is 1. The van der Waals surface area contributed by atoms with Crippen LogP contribution in [0.5, 0.6) is 5.75 Å². The minimum atomic E-state index is -0.0596. The van der Waals surface area contributed by atoms with Crippen molar-refractivity contribution in [3.63, 3.8) is 0 Å². The van der Waals surface area contributed by atoms with E-state index in [1.165, 1.54) is 12.8 Å². The van der Waals surface area contributed by atoms with Crippen molar-refractivity contribution in [3.8, 4) is 17.6 Å². The van der Waals surface area contributed by atoms with Gasteiger partial charge in [0.25, 0.3) is 0 Å². The number of amidine groups is 1. The molecule has 0 unspecified atom stereocenters. The fourth-order valence-electron chi connectivity index (χ4n) is 2.41. The summed E-state index contributed by atoms with van der Waals surface area (Å²) >= 11 is 0. The summed E-state index contributed by atoms with van der Waals surface area (Å²) in [5, 5.41) is 16.4. The van der Waals surface area contributed by atoms with Crippen LogP contribution in [0.1, 0.15) is 38.4 Å². The molecule has 0 bridgehead atoms. The van der Waals surface area contributed by atoms with Gasteiger partial charge in [0.15, 0.2) is 5.84 Å². The lowest BCUT2D eigenvalue weighted by Gasteiger charge is -2.12. The van der Waals surface area contributed by atoms with Gasteiger partial charge in [0.05, 0.1) is 18.3 Å². The molecular weight excluding hydrogens is 332 g/mol. The Morgan fingerprint density at radius 1 is 1.46 bits per heavy atom. The summed E-state index contributed by atoms with van der Waals surface area (Å²) in [6.45, 7) is 0.589. The van der Waals surface area contributed by atoms with Crippen LogP contribution in [0, 0.1) is 23.2 Å². The number of hydrogen-bond donors (Lipinski definition) is 4. The van der Waals surface area contributed by atoms with E-state index in [0.717, 1.165) is 18.5 Å². The zero-order valence-electron chi connectivity index (χ0n) is 14.2. The molecule has 1 aromatic heterocycles. The van der Waals surface area contributed by atoms with Crippen molar-refractivity contribution in [2.75, 3.05) is 6.54 Å². The molecule has 1 aromatic rings. The summed E-state index contributed by atoms with van der Waals surface area (Å²) in [7, 11) is 0. The minimum absolute atomic E-state index is 0. The Labute approximate surface area is 152 Å². The lowest BCUT2D eigenvalue weighted by Crippen LogP contribution is -2.36. The molecular formula is C17H22N8O. The molecule has 26 heavy (non-hydrogen) atoms. The molecule has 136 valence electrons. The van der Waals surface area contributed by atoms with Gasteiger partial charge in [-0.3, -0.25) is 10.4 Å². The molecule has 0 spiro atoms. The summed E-state index contributed by atoms with van der Waals surface area (Å²) in [6.07, 6.45) is 8.16. The van der Waals surface area contributed by atoms with E-state index < -0.39 is 0 Å². The highest BCUT2D eigenvalue weighted by molar-refractivity contribution is 5.97. The van der Waals surface area contributed by atoms with Crippen molar-refractivity contribution >= 4 is 11.5 Å². The zero-order valence-corrected chi connectivity index (χ0v) is 14.2. The van der Waals surface area contributed by atoms with Crippen LogP contribution in [0.25, 0.3) is 5.70 Å². The fraction of sp³-hybridized carbons (Fsp3) is 0.412. The smallest absolute Gasteiger partial charge is 0.177 e. The molecule has 0 saturated heterocycles. The quantitative estimate of drug-likeness (QED) is 0.159. The van der Waals surface area contributed by atoms with Gasteiger partial charge in [0.1, 0.15) is 11.4 Å². The number of rotatable bonds is 5. The van der Waals surface area contributed by atoms with Crippen LogP contribution in [0.4, 0.5) is 0 Å². The monoisotopic (exact) mass is 354 g/mol. The number of nitrogens with zero attached hydrogens (tertiary/aromatic N) is 4. The first-order valence-corrected chi connectivity index (χ1v) is 8.58. The number of hydrogen-bond acceptors (Lipinski definition) is 7. The Bertz CT molecular complexity index is 835. The standard InChI is InChI=1S/C17H20N8O.H2/c18-17(22-23-19)12-8-15(26-13-5-6-13)16(20-9-12)14-10-25(24-21-14)7-1-2-11-3-4-11;/h8-11,13,21,24H,3-7H2,(H3,18,19,22);1H. The van der Waals surface area contributed by atoms with Gasteiger partial charge in [-0.15, -0.1) is 10.6 Å². The summed E-state index contributed by atoms with van der Waals surface area (Å²) < 4.78 is 5.98. The second kappa shape index (κ2) is 7.01. The van der Waals surface area contributed by atoms with Crippen LogP contribution in [-0.4, -0.2) is 28.5 Å². The van der Waals surface area contributed by atoms with E-state index in [9.17, 15) is 0 Å². The van der Waals surface area contributed by atoms with Crippen LogP contribution in [0.15, 0.2) is 28.8 Å². The number of aromatic nitrogens is 1. The van der Waals surface area contributed by atoms with Crippen molar-refractivity contribution in [2.45, 2.75) is 31.8 Å². The average Bonchev–Trinajstić information content (AvgIpc) is 3.56. The van der Waals surface area contributed by atoms with Crippen LogP contribution in [-0.2, 0) is 0 Å². The van der Waals surface area contributed by atoms with E-state index >= 15 is 0 Å². The molecule has 5 N–H and O–H groups in total. The van der Waals surface area contributed by atoms with Gasteiger partial charge in [-0.25, -0.2) is 4.98 Å². The Morgan fingerprint density at radius 2 is 2.31 bits per heavy atom. The highest BCUT2D eigenvalue weighted by atomic mass is 16.5. The molecule has 3 aliphatic rings.